The number of carbonyl (C=O) groups is 2. The summed E-state index contributed by atoms with van der Waals surface area (Å²) < 4.78 is 7.15. The maximum atomic E-state index is 12.9. The average molecular weight is 727 g/mol. The van der Waals surface area contributed by atoms with Crippen molar-refractivity contribution in [3.8, 4) is 39.4 Å². The van der Waals surface area contributed by atoms with Crippen LogP contribution in [-0.2, 0) is 22.7 Å². The van der Waals surface area contributed by atoms with Gasteiger partial charge >= 0.3 is 0 Å². The molecule has 0 spiro atoms. The molecule has 5 heterocycles. The fourth-order valence-corrected chi connectivity index (χ4v) is 7.32. The molecule has 13 heteroatoms. The molecule has 2 unspecified atom stereocenters. The number of rotatable bonds is 12. The number of hydrogen-bond acceptors (Lipinski definition) is 8. The zero-order valence-corrected chi connectivity index (χ0v) is 29.5. The van der Waals surface area contributed by atoms with E-state index in [2.05, 4.69) is 21.3 Å². The highest BCUT2D eigenvalue weighted by atomic mass is 35.5. The molecule has 2 aromatic carbocycles. The molecule has 2 aliphatic heterocycles. The van der Waals surface area contributed by atoms with E-state index >= 15 is 0 Å². The summed E-state index contributed by atoms with van der Waals surface area (Å²) in [5.41, 5.74) is 6.25. The Kier molecular flexibility index (Phi) is 10.3. The molecule has 7 rings (SSSR count). The largest absolute Gasteiger partial charge is 0.481 e. The molecule has 3 aromatic heterocycles. The third-order valence-electron chi connectivity index (χ3n) is 9.30. The number of carbonyl (C=O) groups excluding carboxylic acids is 2. The summed E-state index contributed by atoms with van der Waals surface area (Å²) in [5.74, 6) is 0.645. The standard InChI is InChI=1S/C38H37Cl2N7O4/c1-51-38-23(18-41-19-24-9-12-33(48)44-24)8-11-31(46-38)30-7-3-6-29(37(30)40)28-5-2-4-27(36(28)39)22-14-15-47-32(16-22)43-26(17-35(47)50)21-42-20-25-10-13-34(49)45-25/h2-8,11,14-17,24-25,41-42H,9-10,12-13,18-21H2,1H3,(H,44,48)(H,45,49). The first-order chi connectivity index (χ1) is 24.8. The number of ether oxygens (including phenoxy) is 1. The number of hydrogen-bond donors (Lipinski definition) is 4. The topological polar surface area (TPSA) is 139 Å². The Morgan fingerprint density at radius 2 is 1.41 bits per heavy atom. The fourth-order valence-electron chi connectivity index (χ4n) is 6.66. The van der Waals surface area contributed by atoms with Gasteiger partial charge in [0, 0.05) is 91.2 Å². The lowest BCUT2D eigenvalue weighted by Crippen LogP contribution is -2.35. The Balaban J connectivity index is 1.12. The van der Waals surface area contributed by atoms with Crippen LogP contribution in [0.15, 0.2) is 77.7 Å². The smallest absolute Gasteiger partial charge is 0.258 e. The number of nitrogens with zero attached hydrogens (tertiary/aromatic N) is 3. The van der Waals surface area contributed by atoms with Gasteiger partial charge in [-0.15, -0.1) is 0 Å². The molecule has 262 valence electrons. The van der Waals surface area contributed by atoms with Crippen LogP contribution in [0.4, 0.5) is 0 Å². The molecule has 2 saturated heterocycles. The summed E-state index contributed by atoms with van der Waals surface area (Å²) >= 11 is 14.2. The minimum Gasteiger partial charge on any atom is -0.481 e. The lowest BCUT2D eigenvalue weighted by atomic mass is 9.97. The van der Waals surface area contributed by atoms with Crippen LogP contribution in [0.5, 0.6) is 5.88 Å². The maximum Gasteiger partial charge on any atom is 0.258 e. The van der Waals surface area contributed by atoms with E-state index in [1.54, 1.807) is 13.3 Å². The quantitative estimate of drug-likeness (QED) is 0.139. The van der Waals surface area contributed by atoms with E-state index in [-0.39, 0.29) is 29.5 Å². The molecule has 0 bridgehead atoms. The van der Waals surface area contributed by atoms with Gasteiger partial charge in [-0.3, -0.25) is 18.8 Å². The van der Waals surface area contributed by atoms with Crippen LogP contribution in [0.2, 0.25) is 10.0 Å². The first-order valence-corrected chi connectivity index (χ1v) is 17.7. The number of benzene rings is 2. The van der Waals surface area contributed by atoms with Gasteiger partial charge < -0.3 is 26.0 Å². The molecular formula is C38H37Cl2N7O4. The van der Waals surface area contributed by atoms with Gasteiger partial charge in [-0.25, -0.2) is 9.97 Å². The molecule has 51 heavy (non-hydrogen) atoms. The van der Waals surface area contributed by atoms with Crippen LogP contribution in [-0.4, -0.2) is 58.5 Å². The van der Waals surface area contributed by atoms with E-state index in [1.807, 2.05) is 60.7 Å². The van der Waals surface area contributed by atoms with Gasteiger partial charge in [-0.2, -0.15) is 0 Å². The second kappa shape index (κ2) is 15.2. The highest BCUT2D eigenvalue weighted by Gasteiger charge is 2.22. The molecular weight excluding hydrogens is 689 g/mol. The Morgan fingerprint density at radius 3 is 2.06 bits per heavy atom. The normalized spacial score (nSPS) is 17.2. The van der Waals surface area contributed by atoms with Crippen LogP contribution in [0.3, 0.4) is 0 Å². The summed E-state index contributed by atoms with van der Waals surface area (Å²) in [6.07, 6.45) is 4.42. The lowest BCUT2D eigenvalue weighted by Gasteiger charge is -2.16. The number of fused-ring (bicyclic) bond motifs is 1. The third-order valence-corrected chi connectivity index (χ3v) is 10.1. The van der Waals surface area contributed by atoms with Crippen molar-refractivity contribution < 1.29 is 14.3 Å². The number of methoxy groups -OCH3 is 1. The van der Waals surface area contributed by atoms with E-state index < -0.39 is 0 Å². The Morgan fingerprint density at radius 1 is 0.784 bits per heavy atom. The van der Waals surface area contributed by atoms with Gasteiger partial charge in [0.15, 0.2) is 0 Å². The van der Waals surface area contributed by atoms with Gasteiger partial charge in [-0.05, 0) is 36.6 Å². The average Bonchev–Trinajstić information content (AvgIpc) is 3.75. The van der Waals surface area contributed by atoms with Crippen molar-refractivity contribution in [1.29, 1.82) is 0 Å². The Bertz CT molecular complexity index is 2190. The van der Waals surface area contributed by atoms with Crippen LogP contribution >= 0.6 is 23.2 Å². The van der Waals surface area contributed by atoms with Crippen LogP contribution < -0.4 is 31.6 Å². The molecule has 2 fully saturated rings. The fraction of sp³-hybridized carbons (Fsp3) is 0.289. The zero-order valence-electron chi connectivity index (χ0n) is 28.0. The second-order valence-corrected chi connectivity index (χ2v) is 13.6. The minimum absolute atomic E-state index is 0.0650. The molecule has 2 aliphatic rings. The molecule has 11 nitrogen and oxygen atoms in total. The number of amides is 2. The van der Waals surface area contributed by atoms with E-state index in [0.717, 1.165) is 46.2 Å². The number of aromatic nitrogens is 3. The molecule has 0 radical (unpaired) electrons. The summed E-state index contributed by atoms with van der Waals surface area (Å²) in [6, 6.07) is 20.8. The van der Waals surface area contributed by atoms with Crippen molar-refractivity contribution in [3.05, 3.63) is 105 Å². The van der Waals surface area contributed by atoms with Gasteiger partial charge in [0.1, 0.15) is 5.65 Å². The number of pyridine rings is 2. The summed E-state index contributed by atoms with van der Waals surface area (Å²) in [5, 5.41) is 13.6. The van der Waals surface area contributed by atoms with Gasteiger partial charge in [0.2, 0.25) is 17.7 Å². The monoisotopic (exact) mass is 725 g/mol. The molecule has 0 aliphatic carbocycles. The van der Waals surface area contributed by atoms with Gasteiger partial charge in [0.25, 0.3) is 5.56 Å². The van der Waals surface area contributed by atoms with Crippen molar-refractivity contribution in [3.63, 3.8) is 0 Å². The van der Waals surface area contributed by atoms with Crippen LogP contribution in [0.25, 0.3) is 39.2 Å². The predicted molar refractivity (Wildman–Crippen MR) is 198 cm³/mol. The van der Waals surface area contributed by atoms with E-state index in [4.69, 9.17) is 37.9 Å². The highest BCUT2D eigenvalue weighted by molar-refractivity contribution is 6.39. The highest BCUT2D eigenvalue weighted by Crippen LogP contribution is 2.42. The summed E-state index contributed by atoms with van der Waals surface area (Å²) in [6.45, 7) is 2.21. The van der Waals surface area contributed by atoms with Gasteiger partial charge in [-0.1, -0.05) is 65.7 Å². The number of halogens is 2. The van der Waals surface area contributed by atoms with Gasteiger partial charge in [0.05, 0.1) is 28.5 Å². The molecule has 4 N–H and O–H groups in total. The molecule has 2 amide bonds. The molecule has 2 atom stereocenters. The SMILES string of the molecule is COc1nc(-c2cccc(-c3cccc(-c4ccn5c(=O)cc(CNCC6CCC(=O)N6)nc5c4)c3Cl)c2Cl)ccc1CNCC1CCC(=O)N1. The van der Waals surface area contributed by atoms with Crippen molar-refractivity contribution in [2.45, 2.75) is 50.9 Å². The molecule has 5 aromatic rings. The Hall–Kier alpha value is -4.81. The van der Waals surface area contributed by atoms with Crippen molar-refractivity contribution in [2.24, 2.45) is 0 Å². The van der Waals surface area contributed by atoms with Crippen LogP contribution in [0.1, 0.15) is 36.9 Å². The lowest BCUT2D eigenvalue weighted by molar-refractivity contribution is -0.120. The van der Waals surface area contributed by atoms with Crippen molar-refractivity contribution >= 4 is 40.7 Å². The third kappa shape index (κ3) is 7.62. The first-order valence-electron chi connectivity index (χ1n) is 16.9. The van der Waals surface area contributed by atoms with E-state index in [0.29, 0.717) is 72.0 Å². The number of nitrogens with one attached hydrogen (secondary N) is 4. The predicted octanol–water partition coefficient (Wildman–Crippen LogP) is 5.14. The maximum absolute atomic E-state index is 12.9. The summed E-state index contributed by atoms with van der Waals surface area (Å²) in [7, 11) is 1.59. The van der Waals surface area contributed by atoms with Crippen molar-refractivity contribution in [1.82, 2.24) is 35.6 Å². The Labute approximate surface area is 304 Å². The minimum atomic E-state index is -0.186. The van der Waals surface area contributed by atoms with Crippen molar-refractivity contribution in [2.75, 3.05) is 20.2 Å². The first kappa shape index (κ1) is 34.6. The van der Waals surface area contributed by atoms with Crippen LogP contribution in [0, 0.1) is 0 Å². The van der Waals surface area contributed by atoms with E-state index in [1.165, 1.54) is 10.5 Å². The zero-order chi connectivity index (χ0) is 35.5. The van der Waals surface area contributed by atoms with E-state index in [9.17, 15) is 14.4 Å². The summed E-state index contributed by atoms with van der Waals surface area (Å²) in [4.78, 5) is 45.5. The molecule has 0 saturated carbocycles. The second-order valence-electron chi connectivity index (χ2n) is 12.8.